The Bertz CT molecular complexity index is 907. The molecule has 1 aromatic heterocycles. The van der Waals surface area contributed by atoms with E-state index < -0.39 is 0 Å². The first-order valence-corrected chi connectivity index (χ1v) is 7.88. The number of hydrogen-bond donors (Lipinski definition) is 2. The van der Waals surface area contributed by atoms with Crippen molar-refractivity contribution < 1.29 is 4.79 Å². The Kier molecular flexibility index (Phi) is 4.33. The molecule has 0 atom stereocenters. The quantitative estimate of drug-likeness (QED) is 0.440. The Hall–Kier alpha value is -3.08. The lowest BCUT2D eigenvalue weighted by molar-refractivity contribution is 0.0955. The normalized spacial score (nSPS) is 11.2. The molecule has 1 heterocycles. The number of benzene rings is 2. The summed E-state index contributed by atoms with van der Waals surface area (Å²) in [5.41, 5.74) is 12.7. The minimum atomic E-state index is -0.261. The molecule has 0 fully saturated rings. The minimum Gasteiger partial charge on any atom is -0.399 e. The molecule has 0 radical (unpaired) electrons. The van der Waals surface area contributed by atoms with Gasteiger partial charge >= 0.3 is 0 Å². The third-order valence-corrected chi connectivity index (χ3v) is 4.13. The van der Waals surface area contributed by atoms with Crippen LogP contribution in [0.25, 0.3) is 10.9 Å². The van der Waals surface area contributed by atoms with Gasteiger partial charge in [0.05, 0.1) is 6.21 Å². The topological polar surface area (TPSA) is 72.4 Å². The summed E-state index contributed by atoms with van der Waals surface area (Å²) in [6.45, 7) is 5.06. The fraction of sp³-hybridized carbons (Fsp3) is 0.158. The van der Waals surface area contributed by atoms with Crippen molar-refractivity contribution in [3.05, 3.63) is 65.4 Å². The summed E-state index contributed by atoms with van der Waals surface area (Å²) in [5, 5.41) is 5.26. The summed E-state index contributed by atoms with van der Waals surface area (Å²) in [5.74, 6) is -0.261. The molecule has 0 saturated heterocycles. The molecule has 0 aliphatic heterocycles. The van der Waals surface area contributed by atoms with E-state index in [-0.39, 0.29) is 5.91 Å². The SMILES string of the molecule is CCn1c(C)c(/C=N\NC(=O)c2ccc(N)cc2)c2ccccc21. The molecular weight excluding hydrogens is 300 g/mol. The largest absolute Gasteiger partial charge is 0.399 e. The zero-order chi connectivity index (χ0) is 17.1. The van der Waals surface area contributed by atoms with E-state index in [0.29, 0.717) is 11.3 Å². The van der Waals surface area contributed by atoms with Crippen LogP contribution in [0.3, 0.4) is 0 Å². The van der Waals surface area contributed by atoms with Gasteiger partial charge in [0.25, 0.3) is 5.91 Å². The number of nitrogens with two attached hydrogens (primary N) is 1. The number of anilines is 1. The number of carbonyl (C=O) groups excluding carboxylic acids is 1. The van der Waals surface area contributed by atoms with E-state index in [1.165, 1.54) is 5.52 Å². The second-order valence-electron chi connectivity index (χ2n) is 5.58. The van der Waals surface area contributed by atoms with Gasteiger partial charge in [0.1, 0.15) is 0 Å². The molecule has 2 aromatic carbocycles. The standard InChI is InChI=1S/C19H20N4O/c1-3-23-13(2)17(16-6-4-5-7-18(16)23)12-21-22-19(24)14-8-10-15(20)11-9-14/h4-12H,3,20H2,1-2H3,(H,22,24)/b21-12-. The zero-order valence-electron chi connectivity index (χ0n) is 13.8. The number of carbonyl (C=O) groups is 1. The monoisotopic (exact) mass is 320 g/mol. The lowest BCUT2D eigenvalue weighted by Crippen LogP contribution is -2.17. The molecule has 3 aromatic rings. The van der Waals surface area contributed by atoms with Crippen LogP contribution in [0.5, 0.6) is 0 Å². The van der Waals surface area contributed by atoms with Crippen LogP contribution in [0.2, 0.25) is 0 Å². The fourth-order valence-electron chi connectivity index (χ4n) is 2.88. The number of hydrazone groups is 1. The number of aromatic nitrogens is 1. The molecule has 122 valence electrons. The first kappa shape index (κ1) is 15.8. The maximum atomic E-state index is 12.1. The van der Waals surface area contributed by atoms with Crippen molar-refractivity contribution in [1.29, 1.82) is 0 Å². The summed E-state index contributed by atoms with van der Waals surface area (Å²) >= 11 is 0. The van der Waals surface area contributed by atoms with Crippen LogP contribution in [-0.4, -0.2) is 16.7 Å². The Morgan fingerprint density at radius 2 is 1.92 bits per heavy atom. The van der Waals surface area contributed by atoms with Gasteiger partial charge in [-0.15, -0.1) is 0 Å². The van der Waals surface area contributed by atoms with Crippen molar-refractivity contribution in [3.8, 4) is 0 Å². The molecule has 0 unspecified atom stereocenters. The van der Waals surface area contributed by atoms with Crippen LogP contribution < -0.4 is 11.2 Å². The Labute approximate surface area is 140 Å². The number of rotatable bonds is 4. The minimum absolute atomic E-state index is 0.261. The highest BCUT2D eigenvalue weighted by Crippen LogP contribution is 2.24. The van der Waals surface area contributed by atoms with E-state index in [0.717, 1.165) is 23.2 Å². The van der Waals surface area contributed by atoms with Crippen LogP contribution in [0.1, 0.15) is 28.5 Å². The lowest BCUT2D eigenvalue weighted by Gasteiger charge is -2.03. The average molecular weight is 320 g/mol. The van der Waals surface area contributed by atoms with E-state index >= 15 is 0 Å². The summed E-state index contributed by atoms with van der Waals surface area (Å²) in [7, 11) is 0. The highest BCUT2D eigenvalue weighted by atomic mass is 16.2. The van der Waals surface area contributed by atoms with Gasteiger partial charge in [0.15, 0.2) is 0 Å². The van der Waals surface area contributed by atoms with Gasteiger partial charge < -0.3 is 10.3 Å². The van der Waals surface area contributed by atoms with Gasteiger partial charge in [-0.05, 0) is 44.2 Å². The van der Waals surface area contributed by atoms with Crippen molar-refractivity contribution in [2.24, 2.45) is 5.10 Å². The predicted molar refractivity (Wildman–Crippen MR) is 98.3 cm³/mol. The summed E-state index contributed by atoms with van der Waals surface area (Å²) < 4.78 is 2.23. The average Bonchev–Trinajstić information content (AvgIpc) is 2.87. The highest BCUT2D eigenvalue weighted by molar-refractivity contribution is 6.02. The fourth-order valence-corrected chi connectivity index (χ4v) is 2.88. The number of nitrogens with zero attached hydrogens (tertiary/aromatic N) is 2. The number of para-hydroxylation sites is 1. The molecule has 3 rings (SSSR count). The number of fused-ring (bicyclic) bond motifs is 1. The van der Waals surface area contributed by atoms with Gasteiger partial charge in [-0.25, -0.2) is 5.43 Å². The highest BCUT2D eigenvalue weighted by Gasteiger charge is 2.11. The third-order valence-electron chi connectivity index (χ3n) is 4.13. The second kappa shape index (κ2) is 6.58. The second-order valence-corrected chi connectivity index (χ2v) is 5.58. The van der Waals surface area contributed by atoms with Crippen LogP contribution in [0.4, 0.5) is 5.69 Å². The van der Waals surface area contributed by atoms with E-state index in [4.69, 9.17) is 5.73 Å². The van der Waals surface area contributed by atoms with Gasteiger partial charge in [-0.1, -0.05) is 18.2 Å². The smallest absolute Gasteiger partial charge is 0.271 e. The van der Waals surface area contributed by atoms with Crippen molar-refractivity contribution in [1.82, 2.24) is 9.99 Å². The van der Waals surface area contributed by atoms with Crippen molar-refractivity contribution in [3.63, 3.8) is 0 Å². The van der Waals surface area contributed by atoms with Crippen molar-refractivity contribution >= 4 is 28.7 Å². The summed E-state index contributed by atoms with van der Waals surface area (Å²) in [4.78, 5) is 12.1. The Morgan fingerprint density at radius 1 is 1.21 bits per heavy atom. The van der Waals surface area contributed by atoms with Gasteiger partial charge in [0.2, 0.25) is 0 Å². The van der Waals surface area contributed by atoms with Crippen LogP contribution in [-0.2, 0) is 6.54 Å². The third kappa shape index (κ3) is 2.88. The molecule has 0 bridgehead atoms. The summed E-state index contributed by atoms with van der Waals surface area (Å²) in [6, 6.07) is 14.9. The molecule has 1 amide bonds. The number of nitrogens with one attached hydrogen (secondary N) is 1. The Morgan fingerprint density at radius 3 is 2.62 bits per heavy atom. The maximum Gasteiger partial charge on any atom is 0.271 e. The van der Waals surface area contributed by atoms with Gasteiger partial charge in [-0.2, -0.15) is 5.10 Å². The molecule has 3 N–H and O–H groups in total. The molecule has 0 spiro atoms. The van der Waals surface area contributed by atoms with E-state index in [1.807, 2.05) is 12.1 Å². The van der Waals surface area contributed by atoms with E-state index in [1.54, 1.807) is 30.5 Å². The number of aryl methyl sites for hydroxylation is 1. The van der Waals surface area contributed by atoms with E-state index in [2.05, 4.69) is 41.1 Å². The zero-order valence-corrected chi connectivity index (χ0v) is 13.8. The molecule has 5 heteroatoms. The Balaban J connectivity index is 1.84. The molecule has 0 aliphatic carbocycles. The summed E-state index contributed by atoms with van der Waals surface area (Å²) in [6.07, 6.45) is 1.71. The predicted octanol–water partition coefficient (Wildman–Crippen LogP) is 3.32. The van der Waals surface area contributed by atoms with Crippen molar-refractivity contribution in [2.45, 2.75) is 20.4 Å². The van der Waals surface area contributed by atoms with Crippen LogP contribution in [0.15, 0.2) is 53.6 Å². The first-order valence-electron chi connectivity index (χ1n) is 7.88. The molecule has 24 heavy (non-hydrogen) atoms. The number of amides is 1. The molecule has 5 nitrogen and oxygen atoms in total. The van der Waals surface area contributed by atoms with Crippen LogP contribution >= 0.6 is 0 Å². The van der Waals surface area contributed by atoms with Crippen molar-refractivity contribution in [2.75, 3.05) is 5.73 Å². The molecular formula is C19H20N4O. The lowest BCUT2D eigenvalue weighted by atomic mass is 10.1. The van der Waals surface area contributed by atoms with Gasteiger partial charge in [0, 0.05) is 40.0 Å². The van der Waals surface area contributed by atoms with Crippen LogP contribution in [0, 0.1) is 6.92 Å². The number of nitrogen functional groups attached to an aromatic ring is 1. The molecule has 0 aliphatic rings. The first-order chi connectivity index (χ1) is 11.6. The van der Waals surface area contributed by atoms with E-state index in [9.17, 15) is 4.79 Å². The maximum absolute atomic E-state index is 12.1. The molecule has 0 saturated carbocycles. The number of hydrogen-bond acceptors (Lipinski definition) is 3. The van der Waals surface area contributed by atoms with Gasteiger partial charge in [-0.3, -0.25) is 4.79 Å².